The first-order valence-corrected chi connectivity index (χ1v) is 10.1. The quantitative estimate of drug-likeness (QED) is 0.465. The van der Waals surface area contributed by atoms with Crippen molar-refractivity contribution in [2.24, 2.45) is 0 Å². The van der Waals surface area contributed by atoms with Crippen LogP contribution in [0.3, 0.4) is 0 Å². The van der Waals surface area contributed by atoms with E-state index in [0.717, 1.165) is 27.1 Å². The number of benzene rings is 2. The number of anilines is 1. The third kappa shape index (κ3) is 4.43. The molecule has 2 aromatic carbocycles. The number of carbonyl (C=O) groups excluding carboxylic acids is 1. The van der Waals surface area contributed by atoms with Gasteiger partial charge in [-0.1, -0.05) is 35.6 Å². The molecule has 0 aliphatic carbocycles. The number of nitrogens with zero attached hydrogens (tertiary/aromatic N) is 3. The van der Waals surface area contributed by atoms with Gasteiger partial charge in [-0.05, 0) is 53.9 Å². The van der Waals surface area contributed by atoms with Crippen molar-refractivity contribution in [3.05, 3.63) is 83.7 Å². The van der Waals surface area contributed by atoms with Crippen LogP contribution in [-0.4, -0.2) is 23.0 Å². The molecule has 0 aliphatic heterocycles. The lowest BCUT2D eigenvalue weighted by Crippen LogP contribution is -2.31. The zero-order valence-electron chi connectivity index (χ0n) is 16.3. The molecule has 0 aliphatic rings. The van der Waals surface area contributed by atoms with Crippen LogP contribution in [0, 0.1) is 6.92 Å². The molecule has 2 heterocycles. The normalized spacial score (nSPS) is 10.8. The lowest BCUT2D eigenvalue weighted by molar-refractivity contribution is -0.118. The molecule has 29 heavy (non-hydrogen) atoms. The van der Waals surface area contributed by atoms with Crippen LogP contribution in [0.15, 0.2) is 67.0 Å². The van der Waals surface area contributed by atoms with Crippen molar-refractivity contribution in [2.45, 2.75) is 19.9 Å². The van der Waals surface area contributed by atoms with Crippen LogP contribution in [0.4, 0.5) is 5.13 Å². The number of ether oxygens (including phenoxy) is 1. The summed E-state index contributed by atoms with van der Waals surface area (Å²) in [5, 5.41) is 0.702. The van der Waals surface area contributed by atoms with E-state index in [9.17, 15) is 4.79 Å². The van der Waals surface area contributed by atoms with Gasteiger partial charge in [0.1, 0.15) is 5.75 Å². The van der Waals surface area contributed by atoms with Gasteiger partial charge in [0, 0.05) is 12.4 Å². The van der Waals surface area contributed by atoms with Crippen LogP contribution in [0.1, 0.15) is 16.7 Å². The Morgan fingerprint density at radius 2 is 1.93 bits per heavy atom. The maximum absolute atomic E-state index is 13.3. The van der Waals surface area contributed by atoms with Crippen LogP contribution in [0.2, 0.25) is 0 Å². The first kappa shape index (κ1) is 19.1. The van der Waals surface area contributed by atoms with Gasteiger partial charge in [-0.25, -0.2) is 4.98 Å². The second kappa shape index (κ2) is 8.41. The first-order valence-electron chi connectivity index (χ1n) is 9.32. The SMILES string of the molecule is COc1ccc(CC(=O)N(Cc2cccnc2)c2nc3ccc(C)cc3s2)cc1. The molecule has 146 valence electrons. The molecule has 5 nitrogen and oxygen atoms in total. The number of rotatable bonds is 6. The van der Waals surface area contributed by atoms with E-state index >= 15 is 0 Å². The van der Waals surface area contributed by atoms with E-state index in [4.69, 9.17) is 9.72 Å². The average molecular weight is 404 g/mol. The monoisotopic (exact) mass is 403 g/mol. The maximum atomic E-state index is 13.3. The number of hydrogen-bond acceptors (Lipinski definition) is 5. The Balaban J connectivity index is 1.65. The fourth-order valence-corrected chi connectivity index (χ4v) is 4.17. The summed E-state index contributed by atoms with van der Waals surface area (Å²) in [7, 11) is 1.63. The molecule has 0 unspecified atom stereocenters. The van der Waals surface area contributed by atoms with Crippen molar-refractivity contribution in [3.8, 4) is 5.75 Å². The first-order chi connectivity index (χ1) is 14.1. The highest BCUT2D eigenvalue weighted by Crippen LogP contribution is 2.31. The molecule has 0 saturated carbocycles. The van der Waals surface area contributed by atoms with Gasteiger partial charge in [-0.15, -0.1) is 0 Å². The minimum absolute atomic E-state index is 0.00482. The average Bonchev–Trinajstić information content (AvgIpc) is 3.16. The van der Waals surface area contributed by atoms with Crippen molar-refractivity contribution in [3.63, 3.8) is 0 Å². The van der Waals surface area contributed by atoms with E-state index in [-0.39, 0.29) is 5.91 Å². The van der Waals surface area contributed by atoms with Crippen molar-refractivity contribution in [2.75, 3.05) is 12.0 Å². The number of amides is 1. The molecule has 0 spiro atoms. The Morgan fingerprint density at radius 1 is 1.10 bits per heavy atom. The molecule has 0 N–H and O–H groups in total. The molecule has 0 saturated heterocycles. The zero-order chi connectivity index (χ0) is 20.2. The van der Waals surface area contributed by atoms with E-state index < -0.39 is 0 Å². The smallest absolute Gasteiger partial charge is 0.233 e. The topological polar surface area (TPSA) is 55.3 Å². The minimum Gasteiger partial charge on any atom is -0.497 e. The van der Waals surface area contributed by atoms with Crippen molar-refractivity contribution >= 4 is 32.6 Å². The minimum atomic E-state index is -0.00482. The van der Waals surface area contributed by atoms with E-state index in [0.29, 0.717) is 18.1 Å². The van der Waals surface area contributed by atoms with Crippen LogP contribution in [0.25, 0.3) is 10.2 Å². The number of hydrogen-bond donors (Lipinski definition) is 0. The van der Waals surface area contributed by atoms with E-state index in [1.807, 2.05) is 48.5 Å². The highest BCUT2D eigenvalue weighted by molar-refractivity contribution is 7.22. The Bertz CT molecular complexity index is 1120. The molecule has 0 atom stereocenters. The Labute approximate surface area is 173 Å². The summed E-state index contributed by atoms with van der Waals surface area (Å²) in [6.07, 6.45) is 3.80. The lowest BCUT2D eigenvalue weighted by atomic mass is 10.1. The molecule has 2 aromatic heterocycles. The van der Waals surface area contributed by atoms with Crippen LogP contribution < -0.4 is 9.64 Å². The summed E-state index contributed by atoms with van der Waals surface area (Å²) in [5.74, 6) is 0.768. The number of methoxy groups -OCH3 is 1. The Kier molecular flexibility index (Phi) is 5.53. The van der Waals surface area contributed by atoms with Gasteiger partial charge in [0.15, 0.2) is 5.13 Å². The van der Waals surface area contributed by atoms with Gasteiger partial charge < -0.3 is 4.74 Å². The van der Waals surface area contributed by atoms with Crippen LogP contribution >= 0.6 is 11.3 Å². The predicted molar refractivity (Wildman–Crippen MR) is 116 cm³/mol. The second-order valence-electron chi connectivity index (χ2n) is 6.83. The third-order valence-electron chi connectivity index (χ3n) is 4.64. The molecule has 4 aromatic rings. The second-order valence-corrected chi connectivity index (χ2v) is 7.84. The van der Waals surface area contributed by atoms with Gasteiger partial charge in [-0.3, -0.25) is 14.7 Å². The number of fused-ring (bicyclic) bond motifs is 1. The number of thiazole rings is 1. The molecule has 0 radical (unpaired) electrons. The van der Waals surface area contributed by atoms with Gasteiger partial charge in [0.25, 0.3) is 0 Å². The van der Waals surface area contributed by atoms with Crippen molar-refractivity contribution < 1.29 is 9.53 Å². The molecule has 0 fully saturated rings. The Hall–Kier alpha value is -3.25. The summed E-state index contributed by atoms with van der Waals surface area (Å²) in [4.78, 5) is 23.9. The summed E-state index contributed by atoms with van der Waals surface area (Å²) < 4.78 is 6.28. The summed E-state index contributed by atoms with van der Waals surface area (Å²) in [6.45, 7) is 2.49. The predicted octanol–water partition coefficient (Wildman–Crippen LogP) is 4.78. The fraction of sp³-hybridized carbons (Fsp3) is 0.174. The lowest BCUT2D eigenvalue weighted by Gasteiger charge is -2.20. The van der Waals surface area contributed by atoms with E-state index in [1.165, 1.54) is 16.9 Å². The largest absolute Gasteiger partial charge is 0.497 e. The molecular weight excluding hydrogens is 382 g/mol. The van der Waals surface area contributed by atoms with Gasteiger partial charge in [-0.2, -0.15) is 0 Å². The number of pyridine rings is 1. The van der Waals surface area contributed by atoms with Gasteiger partial charge >= 0.3 is 0 Å². The molecule has 0 bridgehead atoms. The fourth-order valence-electron chi connectivity index (χ4n) is 3.09. The molecule has 4 rings (SSSR count). The zero-order valence-corrected chi connectivity index (χ0v) is 17.1. The highest BCUT2D eigenvalue weighted by Gasteiger charge is 2.21. The van der Waals surface area contributed by atoms with E-state index in [2.05, 4.69) is 18.0 Å². The summed E-state index contributed by atoms with van der Waals surface area (Å²) in [6, 6.07) is 17.6. The van der Waals surface area contributed by atoms with E-state index in [1.54, 1.807) is 24.4 Å². The Morgan fingerprint density at radius 3 is 2.66 bits per heavy atom. The third-order valence-corrected chi connectivity index (χ3v) is 5.68. The maximum Gasteiger partial charge on any atom is 0.233 e. The molecule has 1 amide bonds. The molecular formula is C23H21N3O2S. The van der Waals surface area contributed by atoms with Crippen LogP contribution in [0.5, 0.6) is 5.75 Å². The standard InChI is InChI=1S/C23H21N3O2S/c1-16-5-10-20-21(12-16)29-23(25-20)26(15-18-4-3-11-24-14-18)22(27)13-17-6-8-19(28-2)9-7-17/h3-12,14H,13,15H2,1-2H3. The molecule has 6 heteroatoms. The van der Waals surface area contributed by atoms with Crippen LogP contribution in [-0.2, 0) is 17.8 Å². The summed E-state index contributed by atoms with van der Waals surface area (Å²) in [5.41, 5.74) is 3.98. The number of carbonyl (C=O) groups is 1. The van der Waals surface area contributed by atoms with Crippen molar-refractivity contribution in [1.82, 2.24) is 9.97 Å². The number of aromatic nitrogens is 2. The highest BCUT2D eigenvalue weighted by atomic mass is 32.1. The van der Waals surface area contributed by atoms with Gasteiger partial charge in [0.2, 0.25) is 5.91 Å². The van der Waals surface area contributed by atoms with Crippen molar-refractivity contribution in [1.29, 1.82) is 0 Å². The summed E-state index contributed by atoms with van der Waals surface area (Å²) >= 11 is 1.54. The number of aryl methyl sites for hydroxylation is 1. The van der Waals surface area contributed by atoms with Gasteiger partial charge in [0.05, 0.1) is 30.3 Å².